The van der Waals surface area contributed by atoms with Crippen LogP contribution in [0.1, 0.15) is 52.7 Å². The second-order valence-electron chi connectivity index (χ2n) is 19.9. The Balaban J connectivity index is 0.969. The third-order valence-corrected chi connectivity index (χ3v) is 13.4. The molecule has 0 aliphatic heterocycles. The van der Waals surface area contributed by atoms with Gasteiger partial charge < -0.3 is 19.0 Å². The van der Waals surface area contributed by atoms with Crippen LogP contribution in [0.5, 0.6) is 5.75 Å². The van der Waals surface area contributed by atoms with E-state index >= 15 is 0 Å². The molecule has 1 heterocycles. The zero-order chi connectivity index (χ0) is 46.0. The number of rotatable bonds is 8. The number of hydrogen-bond acceptors (Lipinski definition) is 4. The lowest BCUT2D eigenvalue weighted by atomic mass is 9.87. The molecule has 0 spiro atoms. The molecule has 67 heavy (non-hydrogen) atoms. The van der Waals surface area contributed by atoms with Crippen molar-refractivity contribution in [2.45, 2.75) is 52.4 Å². The molecule has 1 aromatic heterocycles. The topological polar surface area (TPSA) is 28.9 Å². The second-order valence-corrected chi connectivity index (χ2v) is 19.9. The molecule has 0 aliphatic rings. The van der Waals surface area contributed by atoms with Gasteiger partial charge in [-0.1, -0.05) is 139 Å². The van der Waals surface area contributed by atoms with Crippen LogP contribution < -0.4 is 14.5 Å². The Morgan fingerprint density at radius 3 is 1.31 bits per heavy atom. The smallest absolute Gasteiger partial charge is 0.137 e. The summed E-state index contributed by atoms with van der Waals surface area (Å²) in [5.41, 5.74) is 13.0. The molecule has 328 valence electrons. The first-order chi connectivity index (χ1) is 32.4. The van der Waals surface area contributed by atoms with Crippen molar-refractivity contribution in [3.05, 3.63) is 211 Å². The van der Waals surface area contributed by atoms with Gasteiger partial charge in [0.2, 0.25) is 0 Å². The molecule has 0 radical (unpaired) electrons. The van der Waals surface area contributed by atoms with Gasteiger partial charge in [0.15, 0.2) is 0 Å². The van der Waals surface area contributed by atoms with E-state index in [1.807, 2.05) is 0 Å². The van der Waals surface area contributed by atoms with Gasteiger partial charge in [-0.2, -0.15) is 0 Å². The molecule has 0 saturated carbocycles. The highest BCUT2D eigenvalue weighted by Gasteiger charge is 2.21. The highest BCUT2D eigenvalue weighted by Crippen LogP contribution is 2.44. The summed E-state index contributed by atoms with van der Waals surface area (Å²) in [7, 11) is 1.76. The van der Waals surface area contributed by atoms with Gasteiger partial charge in [-0.25, -0.2) is 0 Å². The molecule has 0 fully saturated rings. The Kier molecular flexibility index (Phi) is 10.2. The van der Waals surface area contributed by atoms with Crippen LogP contribution in [0.15, 0.2) is 205 Å². The number of ether oxygens (including phenoxy) is 1. The van der Waals surface area contributed by atoms with Crippen LogP contribution in [0.25, 0.3) is 65.4 Å². The first-order valence-corrected chi connectivity index (χ1v) is 23.3. The minimum Gasteiger partial charge on any atom is -0.496 e. The van der Waals surface area contributed by atoms with E-state index in [-0.39, 0.29) is 10.8 Å². The lowest BCUT2D eigenvalue weighted by Gasteiger charge is -2.27. The van der Waals surface area contributed by atoms with E-state index < -0.39 is 0 Å². The molecule has 11 aromatic rings. The molecule has 0 saturated heterocycles. The maximum atomic E-state index is 6.77. The van der Waals surface area contributed by atoms with Gasteiger partial charge in [-0.05, 0) is 157 Å². The summed E-state index contributed by atoms with van der Waals surface area (Å²) < 4.78 is 12.9. The molecule has 0 aliphatic carbocycles. The molecule has 10 aromatic carbocycles. The molecule has 0 unspecified atom stereocenters. The molecule has 4 nitrogen and oxygen atoms in total. The number of furan rings is 1. The number of nitrogens with zero attached hydrogens (tertiary/aromatic N) is 2. The normalized spacial score (nSPS) is 12.1. The fraction of sp³-hybridized carbons (Fsp3) is 0.143. The molecule has 0 N–H and O–H groups in total. The van der Waals surface area contributed by atoms with E-state index in [9.17, 15) is 0 Å². The summed E-state index contributed by atoms with van der Waals surface area (Å²) in [6.45, 7) is 13.5. The van der Waals surface area contributed by atoms with Crippen LogP contribution in [-0.4, -0.2) is 7.11 Å². The minimum absolute atomic E-state index is 0.0546. The summed E-state index contributed by atoms with van der Waals surface area (Å²) in [6, 6.07) is 72.6. The molecular formula is C63H54N2O2. The minimum atomic E-state index is 0.0546. The monoisotopic (exact) mass is 870 g/mol. The van der Waals surface area contributed by atoms with Gasteiger partial charge in [0.25, 0.3) is 0 Å². The van der Waals surface area contributed by atoms with Crippen LogP contribution in [0.4, 0.5) is 34.1 Å². The van der Waals surface area contributed by atoms with Crippen molar-refractivity contribution in [3.8, 4) is 16.9 Å². The van der Waals surface area contributed by atoms with Crippen LogP contribution >= 0.6 is 0 Å². The van der Waals surface area contributed by atoms with E-state index in [1.165, 1.54) is 32.7 Å². The lowest BCUT2D eigenvalue weighted by molar-refractivity contribution is 0.417. The van der Waals surface area contributed by atoms with Gasteiger partial charge in [-0.15, -0.1) is 0 Å². The maximum Gasteiger partial charge on any atom is 0.137 e. The number of hydrogen-bond donors (Lipinski definition) is 0. The molecule has 0 amide bonds. The van der Waals surface area contributed by atoms with E-state index in [0.29, 0.717) is 0 Å². The Hall–Kier alpha value is -7.82. The first-order valence-electron chi connectivity index (χ1n) is 23.3. The van der Waals surface area contributed by atoms with E-state index in [4.69, 9.17) is 9.15 Å². The van der Waals surface area contributed by atoms with Gasteiger partial charge in [-0.3, -0.25) is 0 Å². The molecular weight excluding hydrogens is 817 g/mol. The Labute approximate surface area is 393 Å². The van der Waals surface area contributed by atoms with Gasteiger partial charge in [0, 0.05) is 56.5 Å². The predicted molar refractivity (Wildman–Crippen MR) is 285 cm³/mol. The zero-order valence-corrected chi connectivity index (χ0v) is 39.3. The number of fused-ring (bicyclic) bond motifs is 6. The largest absolute Gasteiger partial charge is 0.496 e. The van der Waals surface area contributed by atoms with Crippen LogP contribution in [0.3, 0.4) is 0 Å². The third-order valence-electron chi connectivity index (χ3n) is 13.4. The SMILES string of the molecule is COc1cc2cc3c(cc2cc1-c1ccc(N(c2ccc(C(C)(C)C)cc2)c2ccc4ccccc4c2)cc1)oc1cc(N(c2ccc(C(C)(C)C)cc2)c2ccc4ccccc4c2)ccc13. The first kappa shape index (κ1) is 41.9. The Bertz CT molecular complexity index is 3630. The Morgan fingerprint density at radius 1 is 0.358 bits per heavy atom. The number of methoxy groups -OCH3 is 1. The lowest BCUT2D eigenvalue weighted by Crippen LogP contribution is -2.13. The van der Waals surface area contributed by atoms with E-state index in [1.54, 1.807) is 7.11 Å². The van der Waals surface area contributed by atoms with Crippen LogP contribution in [0.2, 0.25) is 0 Å². The highest BCUT2D eigenvalue weighted by molar-refractivity contribution is 6.11. The second kappa shape index (κ2) is 16.3. The summed E-state index contributed by atoms with van der Waals surface area (Å²) in [5.74, 6) is 0.822. The predicted octanol–water partition coefficient (Wildman–Crippen LogP) is 18.3. The number of benzene rings is 10. The van der Waals surface area contributed by atoms with Crippen molar-refractivity contribution in [1.29, 1.82) is 0 Å². The van der Waals surface area contributed by atoms with Gasteiger partial charge >= 0.3 is 0 Å². The van der Waals surface area contributed by atoms with Crippen molar-refractivity contribution in [3.63, 3.8) is 0 Å². The Morgan fingerprint density at radius 2 is 0.791 bits per heavy atom. The van der Waals surface area contributed by atoms with Gasteiger partial charge in [0.05, 0.1) is 7.11 Å². The van der Waals surface area contributed by atoms with Crippen molar-refractivity contribution in [2.75, 3.05) is 16.9 Å². The average Bonchev–Trinajstić information content (AvgIpc) is 3.69. The summed E-state index contributed by atoms with van der Waals surface area (Å²) >= 11 is 0. The van der Waals surface area contributed by atoms with Crippen LogP contribution in [0, 0.1) is 0 Å². The molecule has 4 heteroatoms. The van der Waals surface area contributed by atoms with E-state index in [0.717, 1.165) is 83.7 Å². The molecule has 0 atom stereocenters. The molecule has 0 bridgehead atoms. The standard InChI is InChI=1S/C63H54N2O2/c1-62(2,3)48-20-28-51(29-21-48)64(53-26-16-41-12-8-10-14-44(41)34-53)50-24-18-43(19-25-50)57-36-46-39-60-58(37-47(46)38-59(57)66-7)56-33-32-55(40-61(56)67-60)65(52-30-22-49(23-31-52)63(4,5)6)54-27-17-42-13-9-11-15-45(42)35-54/h8-40H,1-7H3. The quantitative estimate of drug-likeness (QED) is 0.152. The zero-order valence-electron chi connectivity index (χ0n) is 39.3. The van der Waals surface area contributed by atoms with Crippen molar-refractivity contribution >= 4 is 88.4 Å². The average molecular weight is 871 g/mol. The summed E-state index contributed by atoms with van der Waals surface area (Å²) in [4.78, 5) is 4.67. The fourth-order valence-corrected chi connectivity index (χ4v) is 9.61. The summed E-state index contributed by atoms with van der Waals surface area (Å²) in [6.07, 6.45) is 0. The van der Waals surface area contributed by atoms with Crippen molar-refractivity contribution < 1.29 is 9.15 Å². The van der Waals surface area contributed by atoms with Crippen molar-refractivity contribution in [1.82, 2.24) is 0 Å². The number of anilines is 6. The van der Waals surface area contributed by atoms with Gasteiger partial charge in [0.1, 0.15) is 16.9 Å². The maximum absolute atomic E-state index is 6.77. The summed E-state index contributed by atoms with van der Waals surface area (Å²) in [5, 5.41) is 9.16. The van der Waals surface area contributed by atoms with Crippen LogP contribution in [-0.2, 0) is 10.8 Å². The molecule has 11 rings (SSSR count). The third kappa shape index (κ3) is 7.83. The van der Waals surface area contributed by atoms with E-state index in [2.05, 4.69) is 252 Å². The van der Waals surface area contributed by atoms with Crippen molar-refractivity contribution in [2.24, 2.45) is 0 Å². The highest BCUT2D eigenvalue weighted by atomic mass is 16.5. The fourth-order valence-electron chi connectivity index (χ4n) is 9.61.